The first-order valence-electron chi connectivity index (χ1n) is 5.02. The van der Waals surface area contributed by atoms with Gasteiger partial charge >= 0.3 is 0 Å². The van der Waals surface area contributed by atoms with E-state index in [9.17, 15) is 0 Å². The van der Waals surface area contributed by atoms with Crippen LogP contribution in [0.5, 0.6) is 5.75 Å². The van der Waals surface area contributed by atoms with Gasteiger partial charge in [-0.05, 0) is 30.3 Å². The van der Waals surface area contributed by atoms with Gasteiger partial charge in [-0.15, -0.1) is 0 Å². The Balaban J connectivity index is 2.32. The molecule has 0 unspecified atom stereocenters. The lowest BCUT2D eigenvalue weighted by molar-refractivity contribution is 0.417. The molecule has 0 atom stereocenters. The van der Waals surface area contributed by atoms with E-state index in [0.717, 1.165) is 5.69 Å². The first-order valence-corrected chi connectivity index (χ1v) is 5.40. The van der Waals surface area contributed by atoms with Gasteiger partial charge in [0.2, 0.25) is 0 Å². The molecule has 0 fully saturated rings. The quantitative estimate of drug-likeness (QED) is 0.878. The van der Waals surface area contributed by atoms with E-state index in [1.165, 1.54) is 0 Å². The SMILES string of the molecule is COc1ccc(Cl)cc1Nc1cccc(N)n1. The number of methoxy groups -OCH3 is 1. The standard InChI is InChI=1S/C12H12ClN3O/c1-17-10-6-5-8(13)7-9(10)15-12-4-2-3-11(14)16-12/h2-7H,1H3,(H3,14,15,16). The molecule has 2 aromatic rings. The zero-order valence-corrected chi connectivity index (χ0v) is 10.0. The second-order valence-electron chi connectivity index (χ2n) is 3.42. The number of halogens is 1. The van der Waals surface area contributed by atoms with E-state index in [0.29, 0.717) is 22.4 Å². The van der Waals surface area contributed by atoms with E-state index in [1.807, 2.05) is 12.1 Å². The number of nitrogens with two attached hydrogens (primary N) is 1. The molecule has 17 heavy (non-hydrogen) atoms. The van der Waals surface area contributed by atoms with Crippen molar-refractivity contribution in [1.29, 1.82) is 0 Å². The second kappa shape index (κ2) is 4.93. The van der Waals surface area contributed by atoms with Crippen LogP contribution in [0.1, 0.15) is 0 Å². The van der Waals surface area contributed by atoms with Crippen molar-refractivity contribution in [2.75, 3.05) is 18.2 Å². The second-order valence-corrected chi connectivity index (χ2v) is 3.85. The van der Waals surface area contributed by atoms with Crippen molar-refractivity contribution < 1.29 is 4.74 Å². The molecule has 0 aliphatic heterocycles. The fourth-order valence-corrected chi connectivity index (χ4v) is 1.61. The maximum Gasteiger partial charge on any atom is 0.142 e. The number of anilines is 3. The largest absolute Gasteiger partial charge is 0.495 e. The van der Waals surface area contributed by atoms with Crippen LogP contribution in [-0.4, -0.2) is 12.1 Å². The van der Waals surface area contributed by atoms with Crippen LogP contribution in [0.25, 0.3) is 0 Å². The molecule has 0 amide bonds. The van der Waals surface area contributed by atoms with Gasteiger partial charge in [-0.2, -0.15) is 0 Å². The summed E-state index contributed by atoms with van der Waals surface area (Å²) in [7, 11) is 1.60. The van der Waals surface area contributed by atoms with Crippen molar-refractivity contribution in [3.05, 3.63) is 41.4 Å². The van der Waals surface area contributed by atoms with Crippen molar-refractivity contribution >= 4 is 28.9 Å². The Bertz CT molecular complexity index is 531. The molecule has 5 heteroatoms. The molecular weight excluding hydrogens is 238 g/mol. The van der Waals surface area contributed by atoms with Crippen molar-refractivity contribution in [1.82, 2.24) is 4.98 Å². The molecule has 1 aromatic heterocycles. The normalized spacial score (nSPS) is 10.0. The number of nitrogen functional groups attached to an aromatic ring is 1. The average Bonchev–Trinajstić information content (AvgIpc) is 2.29. The monoisotopic (exact) mass is 249 g/mol. The number of hydrogen-bond acceptors (Lipinski definition) is 4. The minimum atomic E-state index is 0.455. The first kappa shape index (κ1) is 11.5. The highest BCUT2D eigenvalue weighted by Crippen LogP contribution is 2.29. The van der Waals surface area contributed by atoms with Gasteiger partial charge in [0, 0.05) is 5.02 Å². The topological polar surface area (TPSA) is 60.2 Å². The van der Waals surface area contributed by atoms with Gasteiger partial charge in [-0.3, -0.25) is 0 Å². The molecule has 0 spiro atoms. The van der Waals surface area contributed by atoms with Crippen LogP contribution in [0.15, 0.2) is 36.4 Å². The van der Waals surface area contributed by atoms with E-state index in [-0.39, 0.29) is 0 Å². The van der Waals surface area contributed by atoms with E-state index < -0.39 is 0 Å². The minimum absolute atomic E-state index is 0.455. The molecule has 0 bridgehead atoms. The van der Waals surface area contributed by atoms with Crippen molar-refractivity contribution in [2.45, 2.75) is 0 Å². The van der Waals surface area contributed by atoms with Gasteiger partial charge in [-0.1, -0.05) is 17.7 Å². The summed E-state index contributed by atoms with van der Waals surface area (Å²) >= 11 is 5.93. The predicted molar refractivity (Wildman–Crippen MR) is 69.9 cm³/mol. The number of pyridine rings is 1. The van der Waals surface area contributed by atoms with Gasteiger partial charge in [0.05, 0.1) is 12.8 Å². The number of nitrogens with zero attached hydrogens (tertiary/aromatic N) is 1. The van der Waals surface area contributed by atoms with Crippen molar-refractivity contribution in [3.63, 3.8) is 0 Å². The van der Waals surface area contributed by atoms with Gasteiger partial charge < -0.3 is 15.8 Å². The third kappa shape index (κ3) is 2.79. The lowest BCUT2D eigenvalue weighted by Crippen LogP contribution is -1.98. The zero-order valence-electron chi connectivity index (χ0n) is 9.27. The summed E-state index contributed by atoms with van der Waals surface area (Å²) in [4.78, 5) is 4.14. The van der Waals surface area contributed by atoms with Crippen LogP contribution in [-0.2, 0) is 0 Å². The highest BCUT2D eigenvalue weighted by atomic mass is 35.5. The predicted octanol–water partition coefficient (Wildman–Crippen LogP) is 3.07. The van der Waals surface area contributed by atoms with Crippen LogP contribution < -0.4 is 15.8 Å². The molecule has 0 saturated carbocycles. The van der Waals surface area contributed by atoms with Gasteiger partial charge in [-0.25, -0.2) is 4.98 Å². The maximum atomic E-state index is 5.93. The summed E-state index contributed by atoms with van der Waals surface area (Å²) in [5.74, 6) is 1.79. The Morgan fingerprint density at radius 2 is 2.12 bits per heavy atom. The summed E-state index contributed by atoms with van der Waals surface area (Å²) in [6.45, 7) is 0. The highest BCUT2D eigenvalue weighted by Gasteiger charge is 2.04. The van der Waals surface area contributed by atoms with Crippen LogP contribution in [0.3, 0.4) is 0 Å². The molecule has 3 N–H and O–H groups in total. The molecule has 1 aromatic carbocycles. The van der Waals surface area contributed by atoms with Crippen LogP contribution in [0.2, 0.25) is 5.02 Å². The first-order chi connectivity index (χ1) is 8.19. The van der Waals surface area contributed by atoms with Crippen molar-refractivity contribution in [2.24, 2.45) is 0 Å². The van der Waals surface area contributed by atoms with Crippen molar-refractivity contribution in [3.8, 4) is 5.75 Å². The average molecular weight is 250 g/mol. The number of ether oxygens (including phenoxy) is 1. The van der Waals surface area contributed by atoms with Crippen LogP contribution >= 0.6 is 11.6 Å². The molecule has 88 valence electrons. The molecule has 1 heterocycles. The fraction of sp³-hybridized carbons (Fsp3) is 0.0833. The number of nitrogens with one attached hydrogen (secondary N) is 1. The molecular formula is C12H12ClN3O. The van der Waals surface area contributed by atoms with E-state index in [1.54, 1.807) is 31.4 Å². The lowest BCUT2D eigenvalue weighted by Gasteiger charge is -2.11. The maximum absolute atomic E-state index is 5.93. The third-order valence-electron chi connectivity index (χ3n) is 2.19. The summed E-state index contributed by atoms with van der Waals surface area (Å²) in [5, 5.41) is 3.73. The molecule has 0 radical (unpaired) electrons. The molecule has 0 aliphatic rings. The number of benzene rings is 1. The number of aromatic nitrogens is 1. The zero-order chi connectivity index (χ0) is 12.3. The summed E-state index contributed by atoms with van der Waals surface area (Å²) in [6.07, 6.45) is 0. The lowest BCUT2D eigenvalue weighted by atomic mass is 10.3. The molecule has 4 nitrogen and oxygen atoms in total. The molecule has 2 rings (SSSR count). The Morgan fingerprint density at radius 1 is 1.29 bits per heavy atom. The Morgan fingerprint density at radius 3 is 2.82 bits per heavy atom. The summed E-state index contributed by atoms with van der Waals surface area (Å²) in [6, 6.07) is 10.7. The van der Waals surface area contributed by atoms with E-state index >= 15 is 0 Å². The number of rotatable bonds is 3. The fourth-order valence-electron chi connectivity index (χ4n) is 1.44. The van der Waals surface area contributed by atoms with Gasteiger partial charge in [0.1, 0.15) is 17.4 Å². The molecule has 0 aliphatic carbocycles. The Labute approximate surface area is 104 Å². The summed E-state index contributed by atoms with van der Waals surface area (Å²) < 4.78 is 5.22. The van der Waals surface area contributed by atoms with Gasteiger partial charge in [0.25, 0.3) is 0 Å². The van der Waals surface area contributed by atoms with Crippen LogP contribution in [0.4, 0.5) is 17.3 Å². The summed E-state index contributed by atoms with van der Waals surface area (Å²) in [5.41, 5.74) is 6.35. The minimum Gasteiger partial charge on any atom is -0.495 e. The Kier molecular flexibility index (Phi) is 3.35. The van der Waals surface area contributed by atoms with E-state index in [4.69, 9.17) is 22.1 Å². The van der Waals surface area contributed by atoms with Crippen LogP contribution in [0, 0.1) is 0 Å². The Hall–Kier alpha value is -1.94. The smallest absolute Gasteiger partial charge is 0.142 e. The molecule has 0 saturated heterocycles. The number of hydrogen-bond donors (Lipinski definition) is 2. The van der Waals surface area contributed by atoms with Gasteiger partial charge in [0.15, 0.2) is 0 Å². The third-order valence-corrected chi connectivity index (χ3v) is 2.43. The highest BCUT2D eigenvalue weighted by molar-refractivity contribution is 6.31. The van der Waals surface area contributed by atoms with E-state index in [2.05, 4.69) is 10.3 Å².